The second-order valence-corrected chi connectivity index (χ2v) is 6.25. The molecule has 1 unspecified atom stereocenters. The van der Waals surface area contributed by atoms with E-state index >= 15 is 0 Å². The zero-order valence-electron chi connectivity index (χ0n) is 11.7. The van der Waals surface area contributed by atoms with Gasteiger partial charge in [-0.2, -0.15) is 0 Å². The molecule has 0 amide bonds. The Morgan fingerprint density at radius 1 is 1.33 bits per heavy atom. The van der Waals surface area contributed by atoms with Gasteiger partial charge in [0, 0.05) is 10.6 Å². The molecule has 0 radical (unpaired) electrons. The van der Waals surface area contributed by atoms with Gasteiger partial charge in [-0.05, 0) is 57.4 Å². The van der Waals surface area contributed by atoms with Crippen LogP contribution in [0.1, 0.15) is 39.7 Å². The normalized spacial score (nSPS) is 13.7. The average Bonchev–Trinajstić information content (AvgIpc) is 2.25. The van der Waals surface area contributed by atoms with Crippen molar-refractivity contribution in [2.45, 2.75) is 46.1 Å². The van der Waals surface area contributed by atoms with Gasteiger partial charge in [-0.25, -0.2) is 4.39 Å². The summed E-state index contributed by atoms with van der Waals surface area (Å²) in [4.78, 5) is 0. The van der Waals surface area contributed by atoms with Gasteiger partial charge in [0.1, 0.15) is 5.82 Å². The molecule has 1 aromatic rings. The largest absolute Gasteiger partial charge is 0.312 e. The van der Waals surface area contributed by atoms with Crippen molar-refractivity contribution in [3.63, 3.8) is 0 Å². The summed E-state index contributed by atoms with van der Waals surface area (Å²) in [5.74, 6) is 0.247. The van der Waals surface area contributed by atoms with Crippen LogP contribution >= 0.6 is 11.6 Å². The molecule has 1 nitrogen and oxygen atoms in total. The number of rotatable bonds is 5. The van der Waals surface area contributed by atoms with Crippen LogP contribution in [0.5, 0.6) is 0 Å². The second kappa shape index (κ2) is 6.53. The lowest BCUT2D eigenvalue weighted by Gasteiger charge is -2.25. The Morgan fingerprint density at radius 2 is 2.00 bits per heavy atom. The maximum Gasteiger partial charge on any atom is 0.124 e. The molecule has 0 aliphatic carbocycles. The summed E-state index contributed by atoms with van der Waals surface area (Å²) in [6.45, 7) is 9.60. The van der Waals surface area contributed by atoms with E-state index < -0.39 is 0 Å². The molecule has 1 rings (SSSR count). The molecular formula is C15H23ClFN. The average molecular weight is 272 g/mol. The number of nitrogens with one attached hydrogen (secondary N) is 1. The molecule has 0 aliphatic heterocycles. The quantitative estimate of drug-likeness (QED) is 0.835. The van der Waals surface area contributed by atoms with E-state index in [0.717, 1.165) is 24.9 Å². The topological polar surface area (TPSA) is 12.0 Å². The lowest BCUT2D eigenvalue weighted by atomic mass is 9.95. The van der Waals surface area contributed by atoms with Crippen molar-refractivity contribution in [2.24, 2.45) is 5.92 Å². The first-order valence-electron chi connectivity index (χ1n) is 6.50. The SMILES string of the molecule is CCC(CNC(C)(C)C)Cc1ccc(F)cc1Cl. The predicted octanol–water partition coefficient (Wildman–Crippen LogP) is 4.44. The van der Waals surface area contributed by atoms with Gasteiger partial charge in [0.25, 0.3) is 0 Å². The van der Waals surface area contributed by atoms with Gasteiger partial charge in [0.15, 0.2) is 0 Å². The Bertz CT molecular complexity index is 385. The first kappa shape index (κ1) is 15.5. The van der Waals surface area contributed by atoms with Crippen molar-refractivity contribution in [3.8, 4) is 0 Å². The maximum atomic E-state index is 13.0. The molecule has 0 bridgehead atoms. The van der Waals surface area contributed by atoms with Gasteiger partial charge in [-0.15, -0.1) is 0 Å². The van der Waals surface area contributed by atoms with E-state index in [1.165, 1.54) is 12.1 Å². The number of halogens is 2. The lowest BCUT2D eigenvalue weighted by molar-refractivity contribution is 0.363. The molecule has 0 saturated heterocycles. The molecule has 0 saturated carbocycles. The monoisotopic (exact) mass is 271 g/mol. The van der Waals surface area contributed by atoms with E-state index in [2.05, 4.69) is 33.0 Å². The summed E-state index contributed by atoms with van der Waals surface area (Å²) in [5.41, 5.74) is 1.15. The first-order valence-corrected chi connectivity index (χ1v) is 6.88. The minimum atomic E-state index is -0.274. The smallest absolute Gasteiger partial charge is 0.124 e. The molecule has 1 N–H and O–H groups in total. The zero-order valence-corrected chi connectivity index (χ0v) is 12.4. The fraction of sp³-hybridized carbons (Fsp3) is 0.600. The Kier molecular flexibility index (Phi) is 5.61. The zero-order chi connectivity index (χ0) is 13.8. The summed E-state index contributed by atoms with van der Waals surface area (Å²) in [5, 5.41) is 4.04. The van der Waals surface area contributed by atoms with Crippen LogP contribution in [-0.2, 0) is 6.42 Å². The van der Waals surface area contributed by atoms with Crippen molar-refractivity contribution in [2.75, 3.05) is 6.54 Å². The standard InChI is InChI=1S/C15H23ClFN/c1-5-11(10-18-15(2,3)4)8-12-6-7-13(17)9-14(12)16/h6-7,9,11,18H,5,8,10H2,1-4H3. The summed E-state index contributed by atoms with van der Waals surface area (Å²) < 4.78 is 13.0. The number of hydrogen-bond donors (Lipinski definition) is 1. The molecule has 1 aromatic carbocycles. The van der Waals surface area contributed by atoms with E-state index in [1.807, 2.05) is 0 Å². The highest BCUT2D eigenvalue weighted by atomic mass is 35.5. The highest BCUT2D eigenvalue weighted by Crippen LogP contribution is 2.21. The molecule has 18 heavy (non-hydrogen) atoms. The minimum absolute atomic E-state index is 0.125. The van der Waals surface area contributed by atoms with Crippen molar-refractivity contribution in [3.05, 3.63) is 34.6 Å². The molecule has 0 fully saturated rings. The predicted molar refractivity (Wildman–Crippen MR) is 76.7 cm³/mol. The molecular weight excluding hydrogens is 249 g/mol. The van der Waals surface area contributed by atoms with Crippen LogP contribution in [0, 0.1) is 11.7 Å². The summed E-state index contributed by atoms with van der Waals surface area (Å²) in [6, 6.07) is 4.66. The summed E-state index contributed by atoms with van der Waals surface area (Å²) >= 11 is 6.06. The highest BCUT2D eigenvalue weighted by Gasteiger charge is 2.14. The van der Waals surface area contributed by atoms with E-state index in [0.29, 0.717) is 10.9 Å². The van der Waals surface area contributed by atoms with E-state index in [1.54, 1.807) is 6.07 Å². The van der Waals surface area contributed by atoms with Crippen LogP contribution in [0.4, 0.5) is 4.39 Å². The molecule has 0 spiro atoms. The van der Waals surface area contributed by atoms with Crippen molar-refractivity contribution in [1.29, 1.82) is 0 Å². The molecule has 0 aliphatic rings. The Labute approximate surface area is 115 Å². The maximum absolute atomic E-state index is 13.0. The Balaban J connectivity index is 2.62. The second-order valence-electron chi connectivity index (χ2n) is 5.85. The van der Waals surface area contributed by atoms with Crippen molar-refractivity contribution < 1.29 is 4.39 Å². The number of hydrogen-bond acceptors (Lipinski definition) is 1. The summed E-state index contributed by atoms with van der Waals surface area (Å²) in [6.07, 6.45) is 1.97. The molecule has 102 valence electrons. The highest BCUT2D eigenvalue weighted by molar-refractivity contribution is 6.31. The molecule has 1 atom stereocenters. The first-order chi connectivity index (χ1) is 8.31. The van der Waals surface area contributed by atoms with Gasteiger partial charge >= 0.3 is 0 Å². The van der Waals surface area contributed by atoms with E-state index in [9.17, 15) is 4.39 Å². The van der Waals surface area contributed by atoms with E-state index in [-0.39, 0.29) is 11.4 Å². The van der Waals surface area contributed by atoms with Crippen LogP contribution < -0.4 is 5.32 Å². The van der Waals surface area contributed by atoms with Crippen LogP contribution in [0.25, 0.3) is 0 Å². The van der Waals surface area contributed by atoms with Crippen molar-refractivity contribution >= 4 is 11.6 Å². The molecule has 0 heterocycles. The Hall–Kier alpha value is -0.600. The van der Waals surface area contributed by atoms with Gasteiger partial charge in [0.05, 0.1) is 0 Å². The van der Waals surface area contributed by atoms with Gasteiger partial charge in [-0.3, -0.25) is 0 Å². The van der Waals surface area contributed by atoms with Crippen LogP contribution in [0.3, 0.4) is 0 Å². The van der Waals surface area contributed by atoms with Crippen LogP contribution in [0.2, 0.25) is 5.02 Å². The van der Waals surface area contributed by atoms with Crippen LogP contribution in [0.15, 0.2) is 18.2 Å². The third-order valence-corrected chi connectivity index (χ3v) is 3.37. The molecule has 3 heteroatoms. The summed E-state index contributed by atoms with van der Waals surface area (Å²) in [7, 11) is 0. The molecule has 0 aromatic heterocycles. The third kappa shape index (κ3) is 5.36. The fourth-order valence-electron chi connectivity index (χ4n) is 1.81. The number of benzene rings is 1. The lowest BCUT2D eigenvalue weighted by Crippen LogP contribution is -2.39. The third-order valence-electron chi connectivity index (χ3n) is 3.02. The van der Waals surface area contributed by atoms with Gasteiger partial charge in [-0.1, -0.05) is 31.0 Å². The van der Waals surface area contributed by atoms with Crippen LogP contribution in [-0.4, -0.2) is 12.1 Å². The fourth-order valence-corrected chi connectivity index (χ4v) is 2.05. The minimum Gasteiger partial charge on any atom is -0.312 e. The van der Waals surface area contributed by atoms with Gasteiger partial charge < -0.3 is 5.32 Å². The van der Waals surface area contributed by atoms with Crippen molar-refractivity contribution in [1.82, 2.24) is 5.32 Å². The van der Waals surface area contributed by atoms with Gasteiger partial charge in [0.2, 0.25) is 0 Å². The van der Waals surface area contributed by atoms with E-state index in [4.69, 9.17) is 11.6 Å². The Morgan fingerprint density at radius 3 is 2.50 bits per heavy atom.